The summed E-state index contributed by atoms with van der Waals surface area (Å²) in [6.45, 7) is 0.0995. The van der Waals surface area contributed by atoms with E-state index >= 15 is 0 Å². The molecule has 0 aliphatic carbocycles. The average molecular weight is 570 g/mol. The van der Waals surface area contributed by atoms with Crippen molar-refractivity contribution in [2.75, 3.05) is 12.1 Å². The maximum Gasteiger partial charge on any atom is 0.412 e. The number of benzene rings is 3. The van der Waals surface area contributed by atoms with Gasteiger partial charge in [-0.2, -0.15) is 0 Å². The Bertz CT molecular complexity index is 1280. The van der Waals surface area contributed by atoms with Crippen molar-refractivity contribution >= 4 is 33.7 Å². The molecule has 1 aliphatic rings. The van der Waals surface area contributed by atoms with Crippen LogP contribution in [-0.4, -0.2) is 35.2 Å². The van der Waals surface area contributed by atoms with Crippen LogP contribution >= 0.6 is 15.9 Å². The third kappa shape index (κ3) is 7.17. The first kappa shape index (κ1) is 25.9. The van der Waals surface area contributed by atoms with Crippen LogP contribution in [0.3, 0.4) is 0 Å². The number of amides is 1. The fourth-order valence-corrected chi connectivity index (χ4v) is 4.10. The lowest BCUT2D eigenvalue weighted by molar-refractivity contribution is -0.131. The number of anilines is 1. The van der Waals surface area contributed by atoms with Crippen LogP contribution in [-0.2, 0) is 9.53 Å². The Morgan fingerprint density at radius 2 is 1.84 bits per heavy atom. The summed E-state index contributed by atoms with van der Waals surface area (Å²) in [4.78, 5) is 23.9. The number of rotatable bonds is 10. The predicted molar refractivity (Wildman–Crippen MR) is 138 cm³/mol. The number of hydrogen-bond acceptors (Lipinski definition) is 7. The van der Waals surface area contributed by atoms with E-state index in [2.05, 4.69) is 21.2 Å². The molecule has 0 spiro atoms. The molecule has 3 aromatic rings. The Kier molecular flexibility index (Phi) is 8.52. The van der Waals surface area contributed by atoms with Gasteiger partial charge in [-0.3, -0.25) is 5.32 Å². The summed E-state index contributed by atoms with van der Waals surface area (Å²) in [5, 5.41) is 22.3. The van der Waals surface area contributed by atoms with Crippen molar-refractivity contribution in [3.8, 4) is 23.0 Å². The van der Waals surface area contributed by atoms with Crippen LogP contribution in [0.5, 0.6) is 23.0 Å². The minimum atomic E-state index is -1.07. The van der Waals surface area contributed by atoms with Gasteiger partial charge in [-0.1, -0.05) is 40.2 Å². The first-order valence-electron chi connectivity index (χ1n) is 11.4. The number of hydrogen-bond donors (Lipinski definition) is 3. The number of allylic oxidation sites excluding steroid dienone is 1. The summed E-state index contributed by atoms with van der Waals surface area (Å²) in [5.74, 6) is 0.429. The fraction of sp³-hybridized carbons (Fsp3) is 0.185. The number of carboxylic acid groups (broad SMARTS) is 1. The molecule has 0 fully saturated rings. The zero-order valence-corrected chi connectivity index (χ0v) is 21.1. The molecular weight excluding hydrogens is 546 g/mol. The molecule has 1 heterocycles. The molecule has 3 aromatic carbocycles. The summed E-state index contributed by atoms with van der Waals surface area (Å²) in [7, 11) is 0. The highest BCUT2D eigenvalue weighted by atomic mass is 79.9. The van der Waals surface area contributed by atoms with E-state index in [-0.39, 0.29) is 19.0 Å². The number of carbonyl (C=O) groups excluding carboxylic acids is 1. The SMILES string of the molecule is O=C(O)/C=C/CC[C@H](Oc1ccccc1)[C@@H](OC(=O)Nc1ccc2c(c1)OCO2)c1cc(Br)ccc1O. The largest absolute Gasteiger partial charge is 0.508 e. The minimum Gasteiger partial charge on any atom is -0.508 e. The van der Waals surface area contributed by atoms with Gasteiger partial charge in [0.1, 0.15) is 17.6 Å². The molecule has 0 radical (unpaired) electrons. The monoisotopic (exact) mass is 569 g/mol. The van der Waals surface area contributed by atoms with Crippen molar-refractivity contribution in [2.24, 2.45) is 0 Å². The molecule has 0 unspecified atom stereocenters. The van der Waals surface area contributed by atoms with Crippen molar-refractivity contribution in [1.29, 1.82) is 0 Å². The molecule has 0 bridgehead atoms. The number of phenolic OH excluding ortho intramolecular Hbond substituents is 1. The van der Waals surface area contributed by atoms with E-state index in [1.54, 1.807) is 54.6 Å². The maximum atomic E-state index is 13.0. The van der Waals surface area contributed by atoms with Gasteiger partial charge in [0, 0.05) is 27.9 Å². The number of aliphatic carboxylic acids is 1. The van der Waals surface area contributed by atoms with Crippen molar-refractivity contribution in [1.82, 2.24) is 0 Å². The highest BCUT2D eigenvalue weighted by Gasteiger charge is 2.31. The van der Waals surface area contributed by atoms with Crippen LogP contribution in [0.1, 0.15) is 24.5 Å². The predicted octanol–water partition coefficient (Wildman–Crippen LogP) is 6.04. The zero-order chi connectivity index (χ0) is 26.2. The van der Waals surface area contributed by atoms with Crippen LogP contribution in [0.2, 0.25) is 0 Å². The molecule has 0 saturated carbocycles. The molecule has 192 valence electrons. The number of para-hydroxylation sites is 1. The molecule has 10 heteroatoms. The average Bonchev–Trinajstić information content (AvgIpc) is 3.34. The van der Waals surface area contributed by atoms with Gasteiger partial charge >= 0.3 is 12.1 Å². The van der Waals surface area contributed by atoms with Gasteiger partial charge in [-0.15, -0.1) is 0 Å². The van der Waals surface area contributed by atoms with Gasteiger partial charge in [0.05, 0.1) is 0 Å². The van der Waals surface area contributed by atoms with Gasteiger partial charge in [-0.25, -0.2) is 9.59 Å². The second kappa shape index (κ2) is 12.2. The Balaban J connectivity index is 1.61. The third-order valence-corrected chi connectivity index (χ3v) is 5.89. The van der Waals surface area contributed by atoms with Crippen molar-refractivity contribution in [2.45, 2.75) is 25.0 Å². The molecule has 0 aromatic heterocycles. The lowest BCUT2D eigenvalue weighted by atomic mass is 9.99. The van der Waals surface area contributed by atoms with Crippen LogP contribution in [0.4, 0.5) is 10.5 Å². The summed E-state index contributed by atoms with van der Waals surface area (Å²) < 4.78 is 23.3. The summed E-state index contributed by atoms with van der Waals surface area (Å²) >= 11 is 3.40. The van der Waals surface area contributed by atoms with E-state index in [0.717, 1.165) is 6.08 Å². The Morgan fingerprint density at radius 3 is 2.62 bits per heavy atom. The van der Waals surface area contributed by atoms with E-state index in [1.807, 2.05) is 6.07 Å². The van der Waals surface area contributed by atoms with E-state index < -0.39 is 24.3 Å². The first-order valence-corrected chi connectivity index (χ1v) is 12.1. The number of aromatic hydroxyl groups is 1. The fourth-order valence-electron chi connectivity index (χ4n) is 3.72. The van der Waals surface area contributed by atoms with Crippen molar-refractivity contribution in [3.63, 3.8) is 0 Å². The maximum absolute atomic E-state index is 13.0. The highest BCUT2D eigenvalue weighted by Crippen LogP contribution is 2.37. The topological polar surface area (TPSA) is 124 Å². The number of phenols is 1. The van der Waals surface area contributed by atoms with Crippen LogP contribution in [0.15, 0.2) is 83.4 Å². The first-order chi connectivity index (χ1) is 17.9. The van der Waals surface area contributed by atoms with Crippen LogP contribution < -0.4 is 19.5 Å². The molecule has 0 saturated heterocycles. The molecular formula is C27H24BrNO8. The minimum absolute atomic E-state index is 0.0909. The second-order valence-corrected chi connectivity index (χ2v) is 8.93. The molecule has 1 aliphatic heterocycles. The lowest BCUT2D eigenvalue weighted by Gasteiger charge is -2.28. The molecule has 1 amide bonds. The molecule has 37 heavy (non-hydrogen) atoms. The van der Waals surface area contributed by atoms with Gasteiger partial charge in [0.25, 0.3) is 0 Å². The number of ether oxygens (including phenoxy) is 4. The summed E-state index contributed by atoms with van der Waals surface area (Å²) in [6.07, 6.45) is 0.529. The standard InChI is InChI=1S/C27H24BrNO8/c28-17-10-12-21(30)20(14-17)26(37-27(33)29-18-11-13-22-24(15-18)35-16-34-22)23(8-4-5-9-25(31)32)36-19-6-2-1-3-7-19/h1-3,5-7,9-15,23,26,30H,4,8,16H2,(H,29,33)(H,31,32)/b9-5+/t23-,26-/m0/s1. The molecule has 4 rings (SSSR count). The number of carbonyl (C=O) groups is 2. The van der Waals surface area contributed by atoms with Gasteiger partial charge < -0.3 is 29.2 Å². The second-order valence-electron chi connectivity index (χ2n) is 8.01. The van der Waals surface area contributed by atoms with Gasteiger partial charge in [-0.05, 0) is 55.3 Å². The zero-order valence-electron chi connectivity index (χ0n) is 19.5. The highest BCUT2D eigenvalue weighted by molar-refractivity contribution is 9.10. The van der Waals surface area contributed by atoms with E-state index in [9.17, 15) is 14.7 Å². The molecule has 9 nitrogen and oxygen atoms in total. The Labute approximate surface area is 221 Å². The van der Waals surface area contributed by atoms with Crippen molar-refractivity contribution < 1.29 is 38.7 Å². The van der Waals surface area contributed by atoms with E-state index in [4.69, 9.17) is 24.1 Å². The molecule has 2 atom stereocenters. The van der Waals surface area contributed by atoms with E-state index in [1.165, 1.54) is 12.1 Å². The lowest BCUT2D eigenvalue weighted by Crippen LogP contribution is -2.31. The Hall–Kier alpha value is -4.18. The number of halogens is 1. The summed E-state index contributed by atoms with van der Waals surface area (Å²) in [6, 6.07) is 18.7. The van der Waals surface area contributed by atoms with Crippen LogP contribution in [0, 0.1) is 0 Å². The number of fused-ring (bicyclic) bond motifs is 1. The summed E-state index contributed by atoms with van der Waals surface area (Å²) in [5.41, 5.74) is 0.745. The quantitative estimate of drug-likeness (QED) is 0.252. The number of nitrogens with one attached hydrogen (secondary N) is 1. The van der Waals surface area contributed by atoms with Gasteiger partial charge in [0.2, 0.25) is 6.79 Å². The van der Waals surface area contributed by atoms with Crippen LogP contribution in [0.25, 0.3) is 0 Å². The molecule has 3 N–H and O–H groups in total. The number of carboxylic acids is 1. The normalized spacial score (nSPS) is 13.6. The smallest absolute Gasteiger partial charge is 0.412 e. The van der Waals surface area contributed by atoms with Gasteiger partial charge in [0.15, 0.2) is 17.6 Å². The third-order valence-electron chi connectivity index (χ3n) is 5.40. The Morgan fingerprint density at radius 1 is 1.05 bits per heavy atom. The van der Waals surface area contributed by atoms with Crippen molar-refractivity contribution in [3.05, 3.63) is 88.9 Å². The van der Waals surface area contributed by atoms with E-state index in [0.29, 0.717) is 39.4 Å².